The Morgan fingerprint density at radius 3 is 2.30 bits per heavy atom. The molecule has 0 aromatic rings. The first kappa shape index (κ1) is 10.2. The summed E-state index contributed by atoms with van der Waals surface area (Å²) in [6.45, 7) is 7.07. The van der Waals surface area contributed by atoms with E-state index < -0.39 is 0 Å². The smallest absolute Gasteiger partial charge is 0.0518 e. The standard InChI is InChI=1S/C8H17ClO/c1-7(2)10-5-4-8(3)6-9/h7-8H,4-6H2,1-3H3. The summed E-state index contributed by atoms with van der Waals surface area (Å²) in [7, 11) is 0. The minimum absolute atomic E-state index is 0.350. The van der Waals surface area contributed by atoms with Gasteiger partial charge in [0.1, 0.15) is 0 Å². The van der Waals surface area contributed by atoms with Crippen molar-refractivity contribution >= 4 is 11.6 Å². The number of alkyl halides is 1. The van der Waals surface area contributed by atoms with Crippen molar-refractivity contribution in [1.29, 1.82) is 0 Å². The Morgan fingerprint density at radius 1 is 1.30 bits per heavy atom. The van der Waals surface area contributed by atoms with E-state index in [1.165, 1.54) is 0 Å². The predicted molar refractivity (Wildman–Crippen MR) is 45.6 cm³/mol. The van der Waals surface area contributed by atoms with Gasteiger partial charge in [0.05, 0.1) is 6.10 Å². The van der Waals surface area contributed by atoms with Crippen LogP contribution in [0, 0.1) is 5.92 Å². The molecular weight excluding hydrogens is 148 g/mol. The first-order chi connectivity index (χ1) is 4.66. The van der Waals surface area contributed by atoms with Crippen molar-refractivity contribution in [3.05, 3.63) is 0 Å². The topological polar surface area (TPSA) is 9.23 Å². The normalized spacial score (nSPS) is 14.1. The molecule has 0 aliphatic rings. The Kier molecular flexibility index (Phi) is 6.14. The van der Waals surface area contributed by atoms with Gasteiger partial charge in [0.2, 0.25) is 0 Å². The molecule has 10 heavy (non-hydrogen) atoms. The Morgan fingerprint density at radius 2 is 1.90 bits per heavy atom. The van der Waals surface area contributed by atoms with Gasteiger partial charge < -0.3 is 4.74 Å². The summed E-state index contributed by atoms with van der Waals surface area (Å²) >= 11 is 5.61. The quantitative estimate of drug-likeness (QED) is 0.568. The van der Waals surface area contributed by atoms with Gasteiger partial charge in [-0.2, -0.15) is 0 Å². The Hall–Kier alpha value is 0.250. The molecule has 1 unspecified atom stereocenters. The highest BCUT2D eigenvalue weighted by atomic mass is 35.5. The largest absolute Gasteiger partial charge is 0.379 e. The van der Waals surface area contributed by atoms with E-state index in [4.69, 9.17) is 16.3 Å². The molecule has 0 radical (unpaired) electrons. The molecule has 2 heteroatoms. The molecule has 0 rings (SSSR count). The lowest BCUT2D eigenvalue weighted by Crippen LogP contribution is -2.07. The fourth-order valence-electron chi connectivity index (χ4n) is 0.582. The molecule has 0 N–H and O–H groups in total. The minimum Gasteiger partial charge on any atom is -0.379 e. The second-order valence-electron chi connectivity index (χ2n) is 2.97. The van der Waals surface area contributed by atoms with Crippen LogP contribution in [-0.2, 0) is 4.74 Å². The average molecular weight is 165 g/mol. The molecule has 0 bridgehead atoms. The zero-order chi connectivity index (χ0) is 7.98. The third-order valence-corrected chi connectivity index (χ3v) is 1.85. The van der Waals surface area contributed by atoms with Crippen molar-refractivity contribution in [2.24, 2.45) is 5.92 Å². The number of halogens is 1. The van der Waals surface area contributed by atoms with Gasteiger partial charge in [0.15, 0.2) is 0 Å². The Balaban J connectivity index is 3.03. The molecule has 0 aromatic heterocycles. The van der Waals surface area contributed by atoms with E-state index in [1.54, 1.807) is 0 Å². The number of rotatable bonds is 5. The maximum Gasteiger partial charge on any atom is 0.0518 e. The fraction of sp³-hybridized carbons (Fsp3) is 1.00. The lowest BCUT2D eigenvalue weighted by molar-refractivity contribution is 0.0712. The summed E-state index contributed by atoms with van der Waals surface area (Å²) < 4.78 is 5.36. The van der Waals surface area contributed by atoms with E-state index in [0.29, 0.717) is 12.0 Å². The van der Waals surface area contributed by atoms with Crippen molar-refractivity contribution in [2.45, 2.75) is 33.3 Å². The van der Waals surface area contributed by atoms with E-state index >= 15 is 0 Å². The van der Waals surface area contributed by atoms with Crippen molar-refractivity contribution in [3.63, 3.8) is 0 Å². The van der Waals surface area contributed by atoms with Crippen LogP contribution in [0.2, 0.25) is 0 Å². The highest BCUT2D eigenvalue weighted by Crippen LogP contribution is 2.04. The van der Waals surface area contributed by atoms with Crippen LogP contribution < -0.4 is 0 Å². The van der Waals surface area contributed by atoms with Crippen molar-refractivity contribution in [2.75, 3.05) is 12.5 Å². The monoisotopic (exact) mass is 164 g/mol. The molecule has 0 heterocycles. The molecule has 0 aliphatic carbocycles. The first-order valence-corrected chi connectivity index (χ1v) is 4.37. The van der Waals surface area contributed by atoms with E-state index in [9.17, 15) is 0 Å². The highest BCUT2D eigenvalue weighted by molar-refractivity contribution is 6.18. The van der Waals surface area contributed by atoms with Gasteiger partial charge >= 0.3 is 0 Å². The number of ether oxygens (including phenoxy) is 1. The highest BCUT2D eigenvalue weighted by Gasteiger charge is 1.99. The summed E-state index contributed by atoms with van der Waals surface area (Å²) in [6.07, 6.45) is 1.42. The number of hydrogen-bond donors (Lipinski definition) is 0. The van der Waals surface area contributed by atoms with Crippen LogP contribution in [0.25, 0.3) is 0 Å². The minimum atomic E-state index is 0.350. The van der Waals surface area contributed by atoms with Crippen LogP contribution in [0.4, 0.5) is 0 Å². The molecule has 1 atom stereocenters. The summed E-state index contributed by atoms with van der Waals surface area (Å²) in [6, 6.07) is 0. The van der Waals surface area contributed by atoms with E-state index in [0.717, 1.165) is 18.9 Å². The van der Waals surface area contributed by atoms with Gasteiger partial charge in [-0.1, -0.05) is 6.92 Å². The van der Waals surface area contributed by atoms with Gasteiger partial charge in [0, 0.05) is 12.5 Å². The van der Waals surface area contributed by atoms with E-state index in [2.05, 4.69) is 6.92 Å². The van der Waals surface area contributed by atoms with Crippen molar-refractivity contribution < 1.29 is 4.74 Å². The summed E-state index contributed by atoms with van der Waals surface area (Å²) in [5.41, 5.74) is 0. The van der Waals surface area contributed by atoms with Crippen LogP contribution in [0.3, 0.4) is 0 Å². The zero-order valence-corrected chi connectivity index (χ0v) is 7.82. The molecule has 1 nitrogen and oxygen atoms in total. The van der Waals surface area contributed by atoms with Crippen LogP contribution in [0.15, 0.2) is 0 Å². The maximum atomic E-state index is 5.61. The lowest BCUT2D eigenvalue weighted by atomic mass is 10.1. The first-order valence-electron chi connectivity index (χ1n) is 3.84. The Labute approximate surface area is 68.7 Å². The maximum absolute atomic E-state index is 5.61. The summed E-state index contributed by atoms with van der Waals surface area (Å²) in [5, 5.41) is 0. The second kappa shape index (κ2) is 5.99. The van der Waals surface area contributed by atoms with Crippen molar-refractivity contribution in [3.8, 4) is 0 Å². The molecule has 0 saturated carbocycles. The fourth-order valence-corrected chi connectivity index (χ4v) is 0.736. The van der Waals surface area contributed by atoms with Crippen molar-refractivity contribution in [1.82, 2.24) is 0 Å². The molecule has 62 valence electrons. The number of hydrogen-bond acceptors (Lipinski definition) is 1. The molecule has 0 amide bonds. The van der Waals surface area contributed by atoms with Gasteiger partial charge in [-0.3, -0.25) is 0 Å². The molecule has 0 spiro atoms. The third-order valence-electron chi connectivity index (χ3n) is 1.33. The van der Waals surface area contributed by atoms with Crippen LogP contribution in [-0.4, -0.2) is 18.6 Å². The zero-order valence-electron chi connectivity index (χ0n) is 7.06. The third kappa shape index (κ3) is 6.37. The van der Waals surface area contributed by atoms with Gasteiger partial charge in [-0.25, -0.2) is 0 Å². The van der Waals surface area contributed by atoms with Gasteiger partial charge in [-0.15, -0.1) is 11.6 Å². The molecule has 0 fully saturated rings. The molecule has 0 aromatic carbocycles. The molecular formula is C8H17ClO. The van der Waals surface area contributed by atoms with Crippen LogP contribution in [0.1, 0.15) is 27.2 Å². The molecule has 0 saturated heterocycles. The summed E-state index contributed by atoms with van der Waals surface area (Å²) in [5.74, 6) is 1.32. The SMILES string of the molecule is CC(CCl)CCOC(C)C. The van der Waals surface area contributed by atoms with Crippen LogP contribution >= 0.6 is 11.6 Å². The van der Waals surface area contributed by atoms with Gasteiger partial charge in [0.25, 0.3) is 0 Å². The summed E-state index contributed by atoms with van der Waals surface area (Å²) in [4.78, 5) is 0. The molecule has 0 aliphatic heterocycles. The second-order valence-corrected chi connectivity index (χ2v) is 3.28. The average Bonchev–Trinajstić information content (AvgIpc) is 1.87. The predicted octanol–water partition coefficient (Wildman–Crippen LogP) is 2.68. The van der Waals surface area contributed by atoms with E-state index in [1.807, 2.05) is 13.8 Å². The lowest BCUT2D eigenvalue weighted by Gasteiger charge is -2.09. The van der Waals surface area contributed by atoms with Gasteiger partial charge in [-0.05, 0) is 26.2 Å². The van der Waals surface area contributed by atoms with E-state index in [-0.39, 0.29) is 0 Å². The van der Waals surface area contributed by atoms with Crippen LogP contribution in [0.5, 0.6) is 0 Å². The Bertz CT molecular complexity index is 73.7.